The van der Waals surface area contributed by atoms with Gasteiger partial charge in [0.2, 0.25) is 0 Å². The average molecular weight is 309 g/mol. The van der Waals surface area contributed by atoms with Gasteiger partial charge in [-0.2, -0.15) is 0 Å². The summed E-state index contributed by atoms with van der Waals surface area (Å²) in [5, 5.41) is 3.55. The van der Waals surface area contributed by atoms with Gasteiger partial charge in [-0.15, -0.1) is 0 Å². The Bertz CT molecular complexity index is 276. The second-order valence-electron chi connectivity index (χ2n) is 6.21. The van der Waals surface area contributed by atoms with Gasteiger partial charge in [-0.1, -0.05) is 88.6 Å². The van der Waals surface area contributed by atoms with Crippen LogP contribution in [0.3, 0.4) is 0 Å². The van der Waals surface area contributed by atoms with Crippen molar-refractivity contribution in [3.63, 3.8) is 0 Å². The summed E-state index contributed by atoms with van der Waals surface area (Å²) in [5.41, 5.74) is 8.15. The fraction of sp³-hybridized carbons (Fsp3) is 0.944. The zero-order valence-corrected chi connectivity index (χ0v) is 14.3. The summed E-state index contributed by atoms with van der Waals surface area (Å²) in [6.45, 7) is 0.660. The number of carbonyl (C=O) groups is 1. The smallest absolute Gasteiger partial charge is 0.119 e. The number of hydrogen-bond acceptors (Lipinski definition) is 2. The minimum absolute atomic E-state index is 0.660. The minimum Gasteiger partial charge on any atom is -0.303 e. The van der Waals surface area contributed by atoms with Gasteiger partial charge in [-0.3, -0.25) is 0 Å². The molecule has 4 heteroatoms. The first kappa shape index (κ1) is 21.0. The van der Waals surface area contributed by atoms with Crippen molar-refractivity contribution in [2.24, 2.45) is 5.11 Å². The quantitative estimate of drug-likeness (QED) is 0.0908. The van der Waals surface area contributed by atoms with Crippen LogP contribution in [0.15, 0.2) is 5.11 Å². The van der Waals surface area contributed by atoms with Crippen LogP contribution >= 0.6 is 0 Å². The third-order valence-electron chi connectivity index (χ3n) is 4.14. The molecule has 0 bridgehead atoms. The number of azide groups is 1. The SMILES string of the molecule is [N-]=[N+]=NCCCCCCCCCCCCCCCCCC=O. The molecule has 0 aliphatic carbocycles. The Hall–Kier alpha value is -1.02. The molecule has 0 fully saturated rings. The minimum atomic E-state index is 0.660. The van der Waals surface area contributed by atoms with Crippen LogP contribution in [0.25, 0.3) is 10.4 Å². The van der Waals surface area contributed by atoms with E-state index in [1.54, 1.807) is 0 Å². The maximum Gasteiger partial charge on any atom is 0.119 e. The predicted molar refractivity (Wildman–Crippen MR) is 93.9 cm³/mol. The molecule has 0 saturated heterocycles. The third kappa shape index (κ3) is 19.0. The van der Waals surface area contributed by atoms with E-state index in [0.29, 0.717) is 6.54 Å². The number of hydrogen-bond donors (Lipinski definition) is 0. The van der Waals surface area contributed by atoms with E-state index < -0.39 is 0 Å². The van der Waals surface area contributed by atoms with Crippen LogP contribution in [0.1, 0.15) is 103 Å². The van der Waals surface area contributed by atoms with E-state index in [1.165, 1.54) is 83.5 Å². The van der Waals surface area contributed by atoms with Crippen molar-refractivity contribution in [3.8, 4) is 0 Å². The van der Waals surface area contributed by atoms with Gasteiger partial charge in [0.15, 0.2) is 0 Å². The van der Waals surface area contributed by atoms with E-state index in [4.69, 9.17) is 5.53 Å². The van der Waals surface area contributed by atoms with E-state index in [1.807, 2.05) is 0 Å². The maximum absolute atomic E-state index is 10.2. The summed E-state index contributed by atoms with van der Waals surface area (Å²) in [7, 11) is 0. The number of aldehydes is 1. The van der Waals surface area contributed by atoms with E-state index in [-0.39, 0.29) is 0 Å². The van der Waals surface area contributed by atoms with Crippen LogP contribution in [-0.4, -0.2) is 12.8 Å². The Labute approximate surface area is 136 Å². The zero-order valence-electron chi connectivity index (χ0n) is 14.3. The summed E-state index contributed by atoms with van der Waals surface area (Å²) in [4.78, 5) is 12.9. The Morgan fingerprint density at radius 2 is 1.00 bits per heavy atom. The molecule has 22 heavy (non-hydrogen) atoms. The van der Waals surface area contributed by atoms with Crippen molar-refractivity contribution < 1.29 is 4.79 Å². The first-order valence-electron chi connectivity index (χ1n) is 9.36. The van der Waals surface area contributed by atoms with Crippen molar-refractivity contribution in [2.75, 3.05) is 6.54 Å². The molecular weight excluding hydrogens is 274 g/mol. The summed E-state index contributed by atoms with van der Waals surface area (Å²) in [6, 6.07) is 0. The van der Waals surface area contributed by atoms with E-state index >= 15 is 0 Å². The molecule has 0 spiro atoms. The highest BCUT2D eigenvalue weighted by atomic mass is 16.1. The van der Waals surface area contributed by atoms with Gasteiger partial charge in [0, 0.05) is 17.9 Å². The Kier molecular flexibility index (Phi) is 19.1. The third-order valence-corrected chi connectivity index (χ3v) is 4.14. The molecule has 0 unspecified atom stereocenters. The molecule has 0 aromatic heterocycles. The Morgan fingerprint density at radius 1 is 0.636 bits per heavy atom. The number of carbonyl (C=O) groups excluding carboxylic acids is 1. The highest BCUT2D eigenvalue weighted by Gasteiger charge is 1.94. The fourth-order valence-corrected chi connectivity index (χ4v) is 2.75. The molecule has 0 saturated carbocycles. The second kappa shape index (κ2) is 20.0. The summed E-state index contributed by atoms with van der Waals surface area (Å²) in [6.07, 6.45) is 21.2. The van der Waals surface area contributed by atoms with Gasteiger partial charge in [0.1, 0.15) is 6.29 Å². The van der Waals surface area contributed by atoms with E-state index in [9.17, 15) is 4.79 Å². The van der Waals surface area contributed by atoms with Crippen LogP contribution < -0.4 is 0 Å². The molecule has 128 valence electrons. The molecular formula is C18H35N3O. The Balaban J connectivity index is 2.96. The van der Waals surface area contributed by atoms with Crippen LogP contribution in [0.2, 0.25) is 0 Å². The second-order valence-corrected chi connectivity index (χ2v) is 6.21. The highest BCUT2D eigenvalue weighted by molar-refractivity contribution is 5.48. The topological polar surface area (TPSA) is 65.8 Å². The van der Waals surface area contributed by atoms with Crippen LogP contribution in [0.5, 0.6) is 0 Å². The van der Waals surface area contributed by atoms with Crippen molar-refractivity contribution in [3.05, 3.63) is 10.4 Å². The first-order valence-corrected chi connectivity index (χ1v) is 9.36. The van der Waals surface area contributed by atoms with Crippen molar-refractivity contribution >= 4 is 6.29 Å². The van der Waals surface area contributed by atoms with Gasteiger partial charge in [-0.05, 0) is 18.4 Å². The summed E-state index contributed by atoms with van der Waals surface area (Å²) >= 11 is 0. The van der Waals surface area contributed by atoms with Gasteiger partial charge >= 0.3 is 0 Å². The average Bonchev–Trinajstić information content (AvgIpc) is 2.54. The van der Waals surface area contributed by atoms with Crippen LogP contribution in [0, 0.1) is 0 Å². The molecule has 0 atom stereocenters. The molecule has 0 aliphatic heterocycles. The summed E-state index contributed by atoms with van der Waals surface area (Å²) in [5.74, 6) is 0. The van der Waals surface area contributed by atoms with Crippen molar-refractivity contribution in [1.82, 2.24) is 0 Å². The van der Waals surface area contributed by atoms with E-state index in [0.717, 1.165) is 25.5 Å². The molecule has 0 radical (unpaired) electrons. The first-order chi connectivity index (χ1) is 10.9. The lowest BCUT2D eigenvalue weighted by Crippen LogP contribution is -1.84. The lowest BCUT2D eigenvalue weighted by molar-refractivity contribution is -0.107. The monoisotopic (exact) mass is 309 g/mol. The largest absolute Gasteiger partial charge is 0.303 e. The maximum atomic E-state index is 10.2. The van der Waals surface area contributed by atoms with Gasteiger partial charge < -0.3 is 4.79 Å². The number of unbranched alkanes of at least 4 members (excludes halogenated alkanes) is 15. The fourth-order valence-electron chi connectivity index (χ4n) is 2.75. The van der Waals surface area contributed by atoms with Crippen LogP contribution in [0.4, 0.5) is 0 Å². The van der Waals surface area contributed by atoms with E-state index in [2.05, 4.69) is 10.0 Å². The molecule has 0 aliphatic rings. The molecule has 0 heterocycles. The summed E-state index contributed by atoms with van der Waals surface area (Å²) < 4.78 is 0. The van der Waals surface area contributed by atoms with Crippen LogP contribution in [-0.2, 0) is 4.79 Å². The standard InChI is InChI=1S/C18H35N3O/c19-21-20-17-15-13-11-9-7-5-3-1-2-4-6-8-10-12-14-16-18-22/h18H,1-17H2. The normalized spacial score (nSPS) is 10.4. The zero-order chi connectivity index (χ0) is 16.1. The van der Waals surface area contributed by atoms with Gasteiger partial charge in [0.05, 0.1) is 0 Å². The molecule has 0 rings (SSSR count). The molecule has 0 aromatic carbocycles. The molecule has 0 amide bonds. The highest BCUT2D eigenvalue weighted by Crippen LogP contribution is 2.13. The van der Waals surface area contributed by atoms with Crippen molar-refractivity contribution in [2.45, 2.75) is 103 Å². The number of nitrogens with zero attached hydrogens (tertiary/aromatic N) is 3. The van der Waals surface area contributed by atoms with Crippen molar-refractivity contribution in [1.29, 1.82) is 0 Å². The molecule has 0 aromatic rings. The Morgan fingerprint density at radius 3 is 1.36 bits per heavy atom. The van der Waals surface area contributed by atoms with Gasteiger partial charge in [0.25, 0.3) is 0 Å². The lowest BCUT2D eigenvalue weighted by Gasteiger charge is -2.03. The number of rotatable bonds is 18. The molecule has 4 nitrogen and oxygen atoms in total. The molecule has 0 N–H and O–H groups in total. The lowest BCUT2D eigenvalue weighted by atomic mass is 10.0. The predicted octanol–water partition coefficient (Wildman–Crippen LogP) is 6.74. The van der Waals surface area contributed by atoms with Gasteiger partial charge in [-0.25, -0.2) is 0 Å².